The minimum Gasteiger partial charge on any atom is -0.368 e. The Morgan fingerprint density at radius 3 is 2.84 bits per heavy atom. The maximum absolute atomic E-state index is 5.79. The van der Waals surface area contributed by atoms with Crippen LogP contribution in [0.2, 0.25) is 0 Å². The number of rotatable bonds is 6. The van der Waals surface area contributed by atoms with Gasteiger partial charge in [0.15, 0.2) is 11.5 Å². The number of nitrogens with one attached hydrogen (secondary N) is 1. The van der Waals surface area contributed by atoms with Crippen LogP contribution in [0.4, 0.5) is 11.8 Å². The number of nitrogen functional groups attached to an aromatic ring is 1. The van der Waals surface area contributed by atoms with Gasteiger partial charge in [0.1, 0.15) is 5.52 Å². The Balaban J connectivity index is 2.44. The smallest absolute Gasteiger partial charge is 0.224 e. The van der Waals surface area contributed by atoms with Gasteiger partial charge in [0.2, 0.25) is 5.95 Å². The highest BCUT2D eigenvalue weighted by atomic mass is 15.2. The zero-order valence-corrected chi connectivity index (χ0v) is 11.8. The lowest BCUT2D eigenvalue weighted by atomic mass is 10.2. The molecule has 0 fully saturated rings. The Morgan fingerprint density at radius 2 is 2.16 bits per heavy atom. The van der Waals surface area contributed by atoms with E-state index < -0.39 is 0 Å². The topological polar surface area (TPSA) is 83.7 Å². The summed E-state index contributed by atoms with van der Waals surface area (Å²) in [5, 5.41) is 0. The van der Waals surface area contributed by atoms with Crippen LogP contribution in [0.15, 0.2) is 6.33 Å². The molecule has 0 saturated heterocycles. The summed E-state index contributed by atoms with van der Waals surface area (Å²) in [5.74, 6) is 1.14. The van der Waals surface area contributed by atoms with E-state index in [0.717, 1.165) is 37.1 Å². The minimum atomic E-state index is 0.277. The quantitative estimate of drug-likeness (QED) is 0.834. The Labute approximate surface area is 113 Å². The second-order valence-electron chi connectivity index (χ2n) is 4.81. The van der Waals surface area contributed by atoms with Crippen molar-refractivity contribution in [3.63, 3.8) is 0 Å². The van der Waals surface area contributed by atoms with Gasteiger partial charge in [-0.15, -0.1) is 0 Å². The van der Waals surface area contributed by atoms with Gasteiger partial charge >= 0.3 is 0 Å². The summed E-state index contributed by atoms with van der Waals surface area (Å²) in [6.45, 7) is 7.54. The summed E-state index contributed by atoms with van der Waals surface area (Å²) >= 11 is 0. The molecular weight excluding hydrogens is 240 g/mol. The molecule has 0 aliphatic rings. The maximum Gasteiger partial charge on any atom is 0.224 e. The van der Waals surface area contributed by atoms with Crippen molar-refractivity contribution in [2.45, 2.75) is 46.1 Å². The van der Waals surface area contributed by atoms with E-state index in [0.29, 0.717) is 11.7 Å². The number of anilines is 2. The van der Waals surface area contributed by atoms with Crippen LogP contribution in [0.5, 0.6) is 0 Å². The predicted octanol–water partition coefficient (Wildman–Crippen LogP) is 2.34. The van der Waals surface area contributed by atoms with Gasteiger partial charge in [-0.3, -0.25) is 0 Å². The third-order valence-electron chi connectivity index (χ3n) is 3.43. The second-order valence-corrected chi connectivity index (χ2v) is 4.81. The third kappa shape index (κ3) is 2.77. The standard InChI is InChI=1S/C13H22N6/c1-4-6-7-19(9(3)5-2)12-10-11(16-8-15-10)17-13(14)18-12/h8-9H,4-7H2,1-3H3,(H3,14,15,16,17,18). The van der Waals surface area contributed by atoms with E-state index in [1.54, 1.807) is 6.33 Å². The van der Waals surface area contributed by atoms with Gasteiger partial charge in [-0.05, 0) is 19.8 Å². The van der Waals surface area contributed by atoms with Gasteiger partial charge in [-0.2, -0.15) is 9.97 Å². The number of nitrogens with two attached hydrogens (primary N) is 1. The zero-order chi connectivity index (χ0) is 13.8. The normalized spacial score (nSPS) is 12.8. The van der Waals surface area contributed by atoms with Crippen molar-refractivity contribution in [3.05, 3.63) is 6.33 Å². The molecule has 0 spiro atoms. The van der Waals surface area contributed by atoms with Crippen molar-refractivity contribution in [2.24, 2.45) is 0 Å². The summed E-state index contributed by atoms with van der Waals surface area (Å²) < 4.78 is 0. The number of aromatic amines is 1. The Bertz CT molecular complexity index is 535. The monoisotopic (exact) mass is 262 g/mol. The first kappa shape index (κ1) is 13.6. The van der Waals surface area contributed by atoms with Crippen LogP contribution in [0, 0.1) is 0 Å². The second kappa shape index (κ2) is 5.86. The minimum absolute atomic E-state index is 0.277. The molecule has 104 valence electrons. The predicted molar refractivity (Wildman–Crippen MR) is 78.1 cm³/mol. The summed E-state index contributed by atoms with van der Waals surface area (Å²) in [7, 11) is 0. The highest BCUT2D eigenvalue weighted by molar-refractivity contribution is 5.84. The summed E-state index contributed by atoms with van der Waals surface area (Å²) in [5.41, 5.74) is 7.29. The van der Waals surface area contributed by atoms with Gasteiger partial charge in [0.05, 0.1) is 6.33 Å². The van der Waals surface area contributed by atoms with E-state index in [9.17, 15) is 0 Å². The number of hydrogen-bond acceptors (Lipinski definition) is 5. The third-order valence-corrected chi connectivity index (χ3v) is 3.43. The molecule has 0 amide bonds. The molecule has 0 bridgehead atoms. The lowest BCUT2D eigenvalue weighted by molar-refractivity contribution is 0.591. The Kier molecular flexibility index (Phi) is 4.19. The number of hydrogen-bond donors (Lipinski definition) is 2. The average Bonchev–Trinajstić information content (AvgIpc) is 2.86. The molecular formula is C13H22N6. The van der Waals surface area contributed by atoms with E-state index in [2.05, 4.69) is 45.6 Å². The van der Waals surface area contributed by atoms with Gasteiger partial charge in [0.25, 0.3) is 0 Å². The average molecular weight is 262 g/mol. The molecule has 0 aromatic carbocycles. The Morgan fingerprint density at radius 1 is 1.37 bits per heavy atom. The first-order valence-corrected chi connectivity index (χ1v) is 6.90. The molecule has 1 atom stereocenters. The summed E-state index contributed by atoms with van der Waals surface area (Å²) in [6.07, 6.45) is 4.98. The van der Waals surface area contributed by atoms with E-state index in [1.807, 2.05) is 0 Å². The van der Waals surface area contributed by atoms with Crippen molar-refractivity contribution in [1.29, 1.82) is 0 Å². The van der Waals surface area contributed by atoms with Gasteiger partial charge < -0.3 is 15.6 Å². The summed E-state index contributed by atoms with van der Waals surface area (Å²) in [4.78, 5) is 18.1. The lowest BCUT2D eigenvalue weighted by Crippen LogP contribution is -2.34. The molecule has 0 saturated carbocycles. The first-order valence-electron chi connectivity index (χ1n) is 6.90. The fraction of sp³-hybridized carbons (Fsp3) is 0.615. The lowest BCUT2D eigenvalue weighted by Gasteiger charge is -2.29. The number of unbranched alkanes of at least 4 members (excludes halogenated alkanes) is 1. The van der Waals surface area contributed by atoms with E-state index >= 15 is 0 Å². The number of nitrogens with zero attached hydrogens (tertiary/aromatic N) is 4. The fourth-order valence-corrected chi connectivity index (χ4v) is 2.13. The van der Waals surface area contributed by atoms with Crippen LogP contribution in [0.1, 0.15) is 40.0 Å². The SMILES string of the molecule is CCCCN(c1nc(N)nc2nc[nH]c12)C(C)CC. The molecule has 6 nitrogen and oxygen atoms in total. The number of H-pyrrole nitrogens is 1. The molecule has 2 heterocycles. The number of imidazole rings is 1. The van der Waals surface area contributed by atoms with Crippen molar-refractivity contribution in [2.75, 3.05) is 17.2 Å². The van der Waals surface area contributed by atoms with Crippen molar-refractivity contribution in [1.82, 2.24) is 19.9 Å². The molecule has 3 N–H and O–H groups in total. The van der Waals surface area contributed by atoms with E-state index in [4.69, 9.17) is 5.73 Å². The molecule has 2 aromatic heterocycles. The largest absolute Gasteiger partial charge is 0.368 e. The molecule has 1 unspecified atom stereocenters. The molecule has 2 aromatic rings. The first-order chi connectivity index (χ1) is 9.17. The van der Waals surface area contributed by atoms with Crippen molar-refractivity contribution >= 4 is 22.9 Å². The van der Waals surface area contributed by atoms with Crippen molar-refractivity contribution < 1.29 is 0 Å². The van der Waals surface area contributed by atoms with E-state index in [-0.39, 0.29) is 5.95 Å². The number of fused-ring (bicyclic) bond motifs is 1. The highest BCUT2D eigenvalue weighted by Crippen LogP contribution is 2.24. The van der Waals surface area contributed by atoms with Gasteiger partial charge in [0, 0.05) is 12.6 Å². The maximum atomic E-state index is 5.79. The fourth-order valence-electron chi connectivity index (χ4n) is 2.13. The molecule has 2 rings (SSSR count). The van der Waals surface area contributed by atoms with E-state index in [1.165, 1.54) is 0 Å². The van der Waals surface area contributed by atoms with Crippen LogP contribution in [-0.4, -0.2) is 32.5 Å². The van der Waals surface area contributed by atoms with Gasteiger partial charge in [-0.1, -0.05) is 20.3 Å². The van der Waals surface area contributed by atoms with Crippen LogP contribution in [-0.2, 0) is 0 Å². The van der Waals surface area contributed by atoms with Crippen LogP contribution in [0.3, 0.4) is 0 Å². The molecule has 19 heavy (non-hydrogen) atoms. The van der Waals surface area contributed by atoms with Crippen LogP contribution in [0.25, 0.3) is 11.2 Å². The van der Waals surface area contributed by atoms with Gasteiger partial charge in [-0.25, -0.2) is 4.98 Å². The molecule has 0 aliphatic heterocycles. The molecule has 6 heteroatoms. The van der Waals surface area contributed by atoms with Crippen LogP contribution < -0.4 is 10.6 Å². The highest BCUT2D eigenvalue weighted by Gasteiger charge is 2.19. The van der Waals surface area contributed by atoms with Crippen LogP contribution >= 0.6 is 0 Å². The number of aromatic nitrogens is 4. The Hall–Kier alpha value is -1.85. The van der Waals surface area contributed by atoms with Crippen molar-refractivity contribution in [3.8, 4) is 0 Å². The molecule has 0 radical (unpaired) electrons. The summed E-state index contributed by atoms with van der Waals surface area (Å²) in [6, 6.07) is 0.410. The zero-order valence-electron chi connectivity index (χ0n) is 11.8. The molecule has 0 aliphatic carbocycles.